The fourth-order valence-electron chi connectivity index (χ4n) is 1.62. The molecule has 1 unspecified atom stereocenters. The second-order valence-corrected chi connectivity index (χ2v) is 5.53. The van der Waals surface area contributed by atoms with Gasteiger partial charge in [0.05, 0.1) is 4.75 Å². The minimum atomic E-state index is -0.164. The monoisotopic (exact) mass is 216 g/mol. The number of unbranched alkanes of at least 4 members (excludes halogenated alkanes) is 1. The van der Waals surface area contributed by atoms with Crippen LogP contribution in [0.2, 0.25) is 0 Å². The van der Waals surface area contributed by atoms with Crippen LogP contribution in [0.3, 0.4) is 0 Å². The van der Waals surface area contributed by atoms with Crippen molar-refractivity contribution in [2.24, 2.45) is 5.73 Å². The summed E-state index contributed by atoms with van der Waals surface area (Å²) >= 11 is 1.78. The van der Waals surface area contributed by atoms with Gasteiger partial charge in [0.1, 0.15) is 0 Å². The Morgan fingerprint density at radius 2 is 2.36 bits per heavy atom. The van der Waals surface area contributed by atoms with E-state index in [-0.39, 0.29) is 10.7 Å². The van der Waals surface area contributed by atoms with Gasteiger partial charge in [-0.15, -0.1) is 11.8 Å². The summed E-state index contributed by atoms with van der Waals surface area (Å²) in [5.41, 5.74) is 5.38. The zero-order valence-electron chi connectivity index (χ0n) is 8.84. The van der Waals surface area contributed by atoms with Gasteiger partial charge in [-0.25, -0.2) is 0 Å². The zero-order valence-corrected chi connectivity index (χ0v) is 9.66. The number of hydrogen-bond donors (Lipinski definition) is 2. The van der Waals surface area contributed by atoms with Crippen molar-refractivity contribution in [3.8, 4) is 0 Å². The van der Waals surface area contributed by atoms with E-state index in [1.165, 1.54) is 0 Å². The number of hydrogen-bond acceptors (Lipinski definition) is 3. The van der Waals surface area contributed by atoms with E-state index in [9.17, 15) is 4.79 Å². The van der Waals surface area contributed by atoms with Crippen molar-refractivity contribution in [1.82, 2.24) is 5.32 Å². The molecule has 0 aromatic rings. The molecule has 1 heterocycles. The molecule has 4 heteroatoms. The third-order valence-electron chi connectivity index (χ3n) is 2.62. The Balaban J connectivity index is 2.20. The van der Waals surface area contributed by atoms with Gasteiger partial charge in [0, 0.05) is 6.54 Å². The number of thioether (sulfide) groups is 1. The van der Waals surface area contributed by atoms with E-state index < -0.39 is 0 Å². The molecule has 3 N–H and O–H groups in total. The molecule has 1 saturated heterocycles. The predicted octanol–water partition coefficient (Wildman–Crippen LogP) is 1.13. The molecular formula is C10H20N2OS. The quantitative estimate of drug-likeness (QED) is 0.677. The number of amides is 1. The van der Waals surface area contributed by atoms with Crippen LogP contribution in [0.25, 0.3) is 0 Å². The number of nitrogens with one attached hydrogen (secondary N) is 1. The first-order chi connectivity index (χ1) is 6.69. The van der Waals surface area contributed by atoms with Crippen LogP contribution >= 0.6 is 11.8 Å². The average molecular weight is 216 g/mol. The van der Waals surface area contributed by atoms with E-state index in [0.717, 1.165) is 38.0 Å². The molecule has 1 atom stereocenters. The normalized spacial score (nSPS) is 26.4. The first kappa shape index (κ1) is 11.9. The molecular weight excluding hydrogens is 196 g/mol. The van der Waals surface area contributed by atoms with E-state index in [1.54, 1.807) is 11.8 Å². The van der Waals surface area contributed by atoms with Crippen LogP contribution in [0.4, 0.5) is 0 Å². The number of nitrogens with two attached hydrogens (primary N) is 1. The molecule has 1 rings (SSSR count). The highest BCUT2D eigenvalue weighted by molar-refractivity contribution is 8.01. The maximum atomic E-state index is 11.8. The van der Waals surface area contributed by atoms with E-state index in [4.69, 9.17) is 5.73 Å². The zero-order chi connectivity index (χ0) is 10.4. The summed E-state index contributed by atoms with van der Waals surface area (Å²) in [6.45, 7) is 3.52. The summed E-state index contributed by atoms with van der Waals surface area (Å²) in [6, 6.07) is 0. The predicted molar refractivity (Wildman–Crippen MR) is 61.4 cm³/mol. The van der Waals surface area contributed by atoms with Gasteiger partial charge in [-0.2, -0.15) is 0 Å². The molecule has 0 radical (unpaired) electrons. The Labute approximate surface area is 90.2 Å². The van der Waals surface area contributed by atoms with E-state index in [2.05, 4.69) is 5.32 Å². The Bertz CT molecular complexity index is 191. The Hall–Kier alpha value is -0.220. The third kappa shape index (κ3) is 3.17. The SMILES string of the molecule is CC1(C(=O)NCCCCN)CCCS1. The third-order valence-corrected chi connectivity index (χ3v) is 4.14. The van der Waals surface area contributed by atoms with Crippen LogP contribution < -0.4 is 11.1 Å². The van der Waals surface area contributed by atoms with Gasteiger partial charge in [-0.1, -0.05) is 0 Å². The summed E-state index contributed by atoms with van der Waals surface area (Å²) in [4.78, 5) is 11.8. The van der Waals surface area contributed by atoms with E-state index >= 15 is 0 Å². The maximum Gasteiger partial charge on any atom is 0.235 e. The molecule has 14 heavy (non-hydrogen) atoms. The molecule has 1 aliphatic rings. The number of carbonyl (C=O) groups excluding carboxylic acids is 1. The summed E-state index contributed by atoms with van der Waals surface area (Å²) in [5, 5.41) is 2.98. The second kappa shape index (κ2) is 5.61. The van der Waals surface area contributed by atoms with Gasteiger partial charge in [0.25, 0.3) is 0 Å². The smallest absolute Gasteiger partial charge is 0.235 e. The first-order valence-electron chi connectivity index (χ1n) is 5.31. The Morgan fingerprint density at radius 3 is 2.93 bits per heavy atom. The van der Waals surface area contributed by atoms with Crippen LogP contribution in [0.15, 0.2) is 0 Å². The van der Waals surface area contributed by atoms with Crippen molar-refractivity contribution in [1.29, 1.82) is 0 Å². The topological polar surface area (TPSA) is 55.1 Å². The summed E-state index contributed by atoms with van der Waals surface area (Å²) < 4.78 is -0.164. The summed E-state index contributed by atoms with van der Waals surface area (Å²) in [5.74, 6) is 1.32. The van der Waals surface area contributed by atoms with Crippen LogP contribution in [0.5, 0.6) is 0 Å². The van der Waals surface area contributed by atoms with Crippen molar-refractivity contribution < 1.29 is 4.79 Å². The highest BCUT2D eigenvalue weighted by atomic mass is 32.2. The minimum Gasteiger partial charge on any atom is -0.355 e. The molecule has 0 aliphatic carbocycles. The van der Waals surface area contributed by atoms with Crippen LogP contribution in [-0.4, -0.2) is 29.5 Å². The van der Waals surface area contributed by atoms with Crippen LogP contribution in [0.1, 0.15) is 32.6 Å². The summed E-state index contributed by atoms with van der Waals surface area (Å²) in [6.07, 6.45) is 4.16. The molecule has 0 spiro atoms. The Kier molecular flexibility index (Phi) is 4.75. The molecule has 82 valence electrons. The Morgan fingerprint density at radius 1 is 1.57 bits per heavy atom. The molecule has 0 bridgehead atoms. The minimum absolute atomic E-state index is 0.164. The molecule has 1 aliphatic heterocycles. The van der Waals surface area contributed by atoms with Crippen molar-refractivity contribution >= 4 is 17.7 Å². The van der Waals surface area contributed by atoms with Gasteiger partial charge < -0.3 is 11.1 Å². The standard InChI is InChI=1S/C10H20N2OS/c1-10(5-4-8-14-10)9(13)12-7-3-2-6-11/h2-8,11H2,1H3,(H,12,13). The lowest BCUT2D eigenvalue weighted by atomic mass is 10.0. The number of carbonyl (C=O) groups is 1. The van der Waals surface area contributed by atoms with E-state index in [0.29, 0.717) is 6.54 Å². The first-order valence-corrected chi connectivity index (χ1v) is 6.30. The van der Waals surface area contributed by atoms with E-state index in [1.807, 2.05) is 6.92 Å². The fourth-order valence-corrected chi connectivity index (χ4v) is 2.85. The molecule has 0 saturated carbocycles. The van der Waals surface area contributed by atoms with Gasteiger partial charge in [-0.05, 0) is 44.9 Å². The molecule has 0 aromatic carbocycles. The lowest BCUT2D eigenvalue weighted by molar-refractivity contribution is -0.123. The van der Waals surface area contributed by atoms with Gasteiger partial charge in [0.15, 0.2) is 0 Å². The van der Waals surface area contributed by atoms with Gasteiger partial charge in [-0.3, -0.25) is 4.79 Å². The van der Waals surface area contributed by atoms with Crippen molar-refractivity contribution in [3.63, 3.8) is 0 Å². The second-order valence-electron chi connectivity index (χ2n) is 3.93. The van der Waals surface area contributed by atoms with Crippen LogP contribution in [0, 0.1) is 0 Å². The number of rotatable bonds is 5. The van der Waals surface area contributed by atoms with Gasteiger partial charge >= 0.3 is 0 Å². The fraction of sp³-hybridized carbons (Fsp3) is 0.900. The average Bonchev–Trinajstić information content (AvgIpc) is 2.61. The maximum absolute atomic E-state index is 11.8. The van der Waals surface area contributed by atoms with Crippen molar-refractivity contribution in [2.45, 2.75) is 37.4 Å². The lowest BCUT2D eigenvalue weighted by Gasteiger charge is -2.21. The highest BCUT2D eigenvalue weighted by Crippen LogP contribution is 2.37. The van der Waals surface area contributed by atoms with Crippen molar-refractivity contribution in [3.05, 3.63) is 0 Å². The molecule has 1 amide bonds. The van der Waals surface area contributed by atoms with Gasteiger partial charge in [0.2, 0.25) is 5.91 Å². The largest absolute Gasteiger partial charge is 0.355 e. The molecule has 3 nitrogen and oxygen atoms in total. The van der Waals surface area contributed by atoms with Crippen molar-refractivity contribution in [2.75, 3.05) is 18.8 Å². The lowest BCUT2D eigenvalue weighted by Crippen LogP contribution is -2.40. The highest BCUT2D eigenvalue weighted by Gasteiger charge is 2.36. The summed E-state index contributed by atoms with van der Waals surface area (Å²) in [7, 11) is 0. The van der Waals surface area contributed by atoms with Crippen LogP contribution in [-0.2, 0) is 4.79 Å². The molecule has 0 aromatic heterocycles. The molecule has 1 fully saturated rings.